The Morgan fingerprint density at radius 2 is 0.833 bits per heavy atom. The molecule has 1 fully saturated rings. The fourth-order valence-corrected chi connectivity index (χ4v) is 0.385. The molecule has 0 nitrogen and oxygen atoms in total. The van der Waals surface area contributed by atoms with Gasteiger partial charge in [0.2, 0.25) is 0 Å². The Morgan fingerprint density at radius 1 is 0.667 bits per heavy atom. The highest BCUT2D eigenvalue weighted by molar-refractivity contribution is 4.99. The van der Waals surface area contributed by atoms with Gasteiger partial charge < -0.3 is 0 Å². The number of rotatable bonds is 0. The fourth-order valence-electron chi connectivity index (χ4n) is 0.385. The maximum atomic E-state index is 2.12. The first kappa shape index (κ1) is 11.2. The minimum atomic E-state index is 1.25. The summed E-state index contributed by atoms with van der Waals surface area (Å²) in [5.74, 6) is 0. The van der Waals surface area contributed by atoms with Gasteiger partial charge in [0.15, 0.2) is 0 Å². The van der Waals surface area contributed by atoms with E-state index in [2.05, 4.69) is 13.8 Å². The Bertz CT molecular complexity index is 112. The van der Waals surface area contributed by atoms with Crippen LogP contribution in [0.1, 0.15) is 39.5 Å². The molecule has 0 radical (unpaired) electrons. The van der Waals surface area contributed by atoms with E-state index < -0.39 is 0 Å². The van der Waals surface area contributed by atoms with Gasteiger partial charge in [0.1, 0.15) is 0 Å². The van der Waals surface area contributed by atoms with Crippen molar-refractivity contribution in [3.63, 3.8) is 0 Å². The van der Waals surface area contributed by atoms with Crippen LogP contribution in [0.15, 0.2) is 36.4 Å². The van der Waals surface area contributed by atoms with Gasteiger partial charge in [0.05, 0.1) is 0 Å². The van der Waals surface area contributed by atoms with Gasteiger partial charge in [0, 0.05) is 0 Å². The highest BCUT2D eigenvalue weighted by Crippen LogP contribution is 2.14. The molecule has 1 saturated carbocycles. The van der Waals surface area contributed by atoms with Gasteiger partial charge in [-0.2, -0.15) is 0 Å². The summed E-state index contributed by atoms with van der Waals surface area (Å²) in [5, 5.41) is 0. The van der Waals surface area contributed by atoms with E-state index >= 15 is 0 Å². The summed E-state index contributed by atoms with van der Waals surface area (Å²) in [6.07, 6.45) is 5.75. The Labute approximate surface area is 76.6 Å². The monoisotopic (exact) mass is 164 g/mol. The molecular formula is C12H20. The van der Waals surface area contributed by atoms with Crippen LogP contribution in [0, 0.1) is 0 Å². The van der Waals surface area contributed by atoms with Crippen molar-refractivity contribution in [3.05, 3.63) is 36.4 Å². The van der Waals surface area contributed by atoms with Crippen LogP contribution in [0.25, 0.3) is 0 Å². The predicted molar refractivity (Wildman–Crippen MR) is 56.3 cm³/mol. The van der Waals surface area contributed by atoms with Gasteiger partial charge in [-0.15, -0.1) is 0 Å². The zero-order valence-corrected chi connectivity index (χ0v) is 8.29. The van der Waals surface area contributed by atoms with Crippen LogP contribution in [0.4, 0.5) is 0 Å². The maximum Gasteiger partial charge on any atom is -0.0533 e. The van der Waals surface area contributed by atoms with Gasteiger partial charge in [-0.25, -0.2) is 0 Å². The van der Waals surface area contributed by atoms with Crippen LogP contribution in [0.3, 0.4) is 0 Å². The van der Waals surface area contributed by atoms with E-state index in [0.29, 0.717) is 0 Å². The van der Waals surface area contributed by atoms with Crippen molar-refractivity contribution < 1.29 is 0 Å². The molecule has 0 saturated heterocycles. The molecule has 0 amide bonds. The zero-order valence-electron chi connectivity index (χ0n) is 8.29. The molecule has 0 bridgehead atoms. The standard InChI is InChI=1S/C6H6.C3H6.C3H8/c1-2-4-6-5-3-1;1-2-3-1;1-3-2/h1-6H;1-3H2;3H2,1-2H3. The number of hydrogen-bond acceptors (Lipinski definition) is 0. The van der Waals surface area contributed by atoms with Gasteiger partial charge in [-0.05, 0) is 0 Å². The lowest BCUT2D eigenvalue weighted by Crippen LogP contribution is -1.47. The Morgan fingerprint density at radius 3 is 0.917 bits per heavy atom. The Hall–Kier alpha value is -0.780. The van der Waals surface area contributed by atoms with E-state index in [-0.39, 0.29) is 0 Å². The molecule has 2 rings (SSSR count). The minimum absolute atomic E-state index is 1.25. The second kappa shape index (κ2) is 10.2. The lowest BCUT2D eigenvalue weighted by molar-refractivity contribution is 1.09. The highest BCUT2D eigenvalue weighted by atomic mass is 14.0. The minimum Gasteiger partial charge on any atom is -0.0656 e. The molecule has 0 aliphatic heterocycles. The molecule has 1 aromatic rings. The quantitative estimate of drug-likeness (QED) is 0.537. The third kappa shape index (κ3) is 16.1. The van der Waals surface area contributed by atoms with Crippen molar-refractivity contribution in [1.82, 2.24) is 0 Å². The fraction of sp³-hybridized carbons (Fsp3) is 0.500. The molecular weight excluding hydrogens is 144 g/mol. The maximum absolute atomic E-state index is 2.12. The van der Waals surface area contributed by atoms with E-state index in [1.165, 1.54) is 25.7 Å². The second-order valence-electron chi connectivity index (χ2n) is 2.92. The molecule has 0 N–H and O–H groups in total. The average Bonchev–Trinajstić information content (AvgIpc) is 2.95. The van der Waals surface area contributed by atoms with E-state index in [4.69, 9.17) is 0 Å². The van der Waals surface area contributed by atoms with E-state index in [9.17, 15) is 0 Å². The predicted octanol–water partition coefficient (Wildman–Crippen LogP) is 4.27. The van der Waals surface area contributed by atoms with Crippen LogP contribution in [-0.4, -0.2) is 0 Å². The average molecular weight is 164 g/mol. The van der Waals surface area contributed by atoms with Gasteiger partial charge in [0.25, 0.3) is 0 Å². The van der Waals surface area contributed by atoms with Crippen LogP contribution < -0.4 is 0 Å². The lowest BCUT2D eigenvalue weighted by Gasteiger charge is -1.69. The highest BCUT2D eigenvalue weighted by Gasteiger charge is 1.95. The summed E-state index contributed by atoms with van der Waals surface area (Å²) >= 11 is 0. The second-order valence-corrected chi connectivity index (χ2v) is 2.92. The van der Waals surface area contributed by atoms with Gasteiger partial charge >= 0.3 is 0 Å². The first-order chi connectivity index (χ1) is 5.91. The zero-order chi connectivity index (χ0) is 9.07. The first-order valence-electron chi connectivity index (χ1n) is 4.91. The van der Waals surface area contributed by atoms with Crippen molar-refractivity contribution in [3.8, 4) is 0 Å². The molecule has 12 heavy (non-hydrogen) atoms. The SMILES string of the molecule is C1CC1.CCC.c1ccccc1. The molecule has 0 heterocycles. The first-order valence-corrected chi connectivity index (χ1v) is 4.91. The summed E-state index contributed by atoms with van der Waals surface area (Å²) in [6, 6.07) is 12.0. The summed E-state index contributed by atoms with van der Waals surface area (Å²) in [5.41, 5.74) is 0. The molecule has 68 valence electrons. The summed E-state index contributed by atoms with van der Waals surface area (Å²) in [4.78, 5) is 0. The molecule has 0 atom stereocenters. The van der Waals surface area contributed by atoms with Gasteiger partial charge in [-0.3, -0.25) is 0 Å². The normalized spacial score (nSPS) is 11.5. The molecule has 1 aliphatic rings. The topological polar surface area (TPSA) is 0 Å². The molecule has 1 aliphatic carbocycles. The Balaban J connectivity index is 0.000000171. The van der Waals surface area contributed by atoms with Crippen molar-refractivity contribution in [1.29, 1.82) is 0 Å². The van der Waals surface area contributed by atoms with Crippen molar-refractivity contribution >= 4 is 0 Å². The van der Waals surface area contributed by atoms with Crippen LogP contribution in [0.2, 0.25) is 0 Å². The molecule has 1 aromatic carbocycles. The summed E-state index contributed by atoms with van der Waals surface area (Å²) < 4.78 is 0. The molecule has 0 heteroatoms. The Kier molecular flexibility index (Phi) is 9.56. The largest absolute Gasteiger partial charge is 0.0656 e. The van der Waals surface area contributed by atoms with Crippen LogP contribution in [-0.2, 0) is 0 Å². The lowest BCUT2D eigenvalue weighted by atomic mass is 10.4. The third-order valence-corrected chi connectivity index (χ3v) is 1.02. The smallest absolute Gasteiger partial charge is 0.0533 e. The molecule has 0 unspecified atom stereocenters. The summed E-state index contributed by atoms with van der Waals surface area (Å²) in [6.45, 7) is 4.25. The summed E-state index contributed by atoms with van der Waals surface area (Å²) in [7, 11) is 0. The van der Waals surface area contributed by atoms with Crippen molar-refractivity contribution in [2.24, 2.45) is 0 Å². The number of hydrogen-bond donors (Lipinski definition) is 0. The molecule has 0 spiro atoms. The van der Waals surface area contributed by atoms with E-state index in [0.717, 1.165) is 0 Å². The van der Waals surface area contributed by atoms with Crippen molar-refractivity contribution in [2.75, 3.05) is 0 Å². The van der Waals surface area contributed by atoms with E-state index in [1.54, 1.807) is 0 Å². The third-order valence-electron chi connectivity index (χ3n) is 1.02. The van der Waals surface area contributed by atoms with Crippen molar-refractivity contribution in [2.45, 2.75) is 39.5 Å². The molecule has 0 aromatic heterocycles. The van der Waals surface area contributed by atoms with Crippen LogP contribution >= 0.6 is 0 Å². The van der Waals surface area contributed by atoms with Crippen LogP contribution in [0.5, 0.6) is 0 Å². The van der Waals surface area contributed by atoms with E-state index in [1.807, 2.05) is 36.4 Å². The number of benzene rings is 1. The van der Waals surface area contributed by atoms with Gasteiger partial charge in [-0.1, -0.05) is 75.9 Å².